The Hall–Kier alpha value is -1.50. The van der Waals surface area contributed by atoms with E-state index in [0.717, 1.165) is 56.5 Å². The molecule has 1 aliphatic heterocycles. The van der Waals surface area contributed by atoms with Crippen molar-refractivity contribution in [2.45, 2.75) is 84.2 Å². The molecule has 7 heteroatoms. The zero-order valence-corrected chi connectivity index (χ0v) is 21.2. The van der Waals surface area contributed by atoms with Crippen molar-refractivity contribution < 1.29 is 18.9 Å². The molecule has 1 saturated heterocycles. The average molecular weight is 476 g/mol. The van der Waals surface area contributed by atoms with Crippen LogP contribution in [0.15, 0.2) is 10.3 Å². The summed E-state index contributed by atoms with van der Waals surface area (Å²) in [5.41, 5.74) is 1.77. The average Bonchev–Trinajstić information content (AvgIpc) is 3.07. The number of piperidine rings is 1. The van der Waals surface area contributed by atoms with Gasteiger partial charge in [0.15, 0.2) is 12.0 Å². The van der Waals surface area contributed by atoms with Crippen LogP contribution in [-0.2, 0) is 14.5 Å². The highest BCUT2D eigenvalue weighted by molar-refractivity contribution is 5.96. The Balaban J connectivity index is 1.29. The van der Waals surface area contributed by atoms with E-state index in [1.54, 1.807) is 7.11 Å². The molecule has 190 valence electrons. The number of halogens is 1. The molecule has 5 aliphatic rings. The molecule has 0 N–H and O–H groups in total. The number of hydrogen-bond acceptors (Lipinski definition) is 6. The highest BCUT2D eigenvalue weighted by Gasteiger charge is 2.63. The minimum atomic E-state index is -1.30. The molecule has 0 aromatic heterocycles. The van der Waals surface area contributed by atoms with Crippen LogP contribution < -0.4 is 0 Å². The van der Waals surface area contributed by atoms with Crippen molar-refractivity contribution in [1.82, 2.24) is 4.90 Å². The number of fused-ring (bicyclic) bond motifs is 5. The third kappa shape index (κ3) is 4.10. The summed E-state index contributed by atoms with van der Waals surface area (Å²) in [6, 6.07) is 0. The van der Waals surface area contributed by atoms with Crippen LogP contribution in [0, 0.1) is 34.5 Å². The minimum Gasteiger partial charge on any atom is -0.399 e. The molecule has 4 aliphatic carbocycles. The maximum atomic E-state index is 14.6. The van der Waals surface area contributed by atoms with Gasteiger partial charge in [-0.1, -0.05) is 30.6 Å². The Kier molecular flexibility index (Phi) is 6.77. The quantitative estimate of drug-likeness (QED) is 0.414. The number of Topliss-reactive ketones (excluding diaryl/α,β-unsaturated/α-hetero) is 1. The normalized spacial score (nSPS) is 45.1. The molecule has 5 rings (SSSR count). The van der Waals surface area contributed by atoms with E-state index in [1.165, 1.54) is 32.4 Å². The summed E-state index contributed by atoms with van der Waals surface area (Å²) < 4.78 is 14.6. The highest BCUT2D eigenvalue weighted by atomic mass is 19.1. The first-order chi connectivity index (χ1) is 16.4. The zero-order chi connectivity index (χ0) is 23.9. The number of ketones is 1. The summed E-state index contributed by atoms with van der Waals surface area (Å²) in [5, 5.41) is 9.08. The summed E-state index contributed by atoms with van der Waals surface area (Å²) in [6.07, 6.45) is 8.47. The molecule has 7 atom stereocenters. The number of alkyl halides is 1. The predicted molar refractivity (Wildman–Crippen MR) is 131 cm³/mol. The standard InChI is InChI=1S/C27H42FN3O3/c1-26-9-7-18(29-34-14-13-31-11-5-4-6-12-31)15-22(26)24(30-33-3)16-19-20(26)8-10-27(2)21(19)17-23(28)25(27)32/h19-23H,4-17H2,1-3H3/b29-18+,30-24+/t19?,20?,21?,22?,23?,26-,27+/m1/s1. The maximum absolute atomic E-state index is 14.6. The van der Waals surface area contributed by atoms with Crippen molar-refractivity contribution in [3.63, 3.8) is 0 Å². The number of rotatable bonds is 5. The van der Waals surface area contributed by atoms with Gasteiger partial charge in [-0.15, -0.1) is 0 Å². The molecular formula is C27H42FN3O3. The first-order valence-corrected chi connectivity index (χ1v) is 13.5. The summed E-state index contributed by atoms with van der Waals surface area (Å²) >= 11 is 0. The van der Waals surface area contributed by atoms with Gasteiger partial charge in [0, 0.05) is 17.9 Å². The third-order valence-electron chi connectivity index (χ3n) is 10.4. The van der Waals surface area contributed by atoms with E-state index in [2.05, 4.69) is 22.1 Å². The van der Waals surface area contributed by atoms with Crippen LogP contribution in [0.3, 0.4) is 0 Å². The van der Waals surface area contributed by atoms with Gasteiger partial charge < -0.3 is 9.68 Å². The SMILES string of the molecule is CO/N=C1\CC2C(CC[C@]3(C)C(=O)C(F)CC23)[C@@]2(C)CC/C(=N\OCCN3CCCCC3)CC12. The number of carbonyl (C=O) groups excluding carboxylic acids is 1. The van der Waals surface area contributed by atoms with Crippen LogP contribution in [0.5, 0.6) is 0 Å². The van der Waals surface area contributed by atoms with Crippen LogP contribution in [0.25, 0.3) is 0 Å². The number of hydrogen-bond donors (Lipinski definition) is 0. The molecule has 6 nitrogen and oxygen atoms in total. The van der Waals surface area contributed by atoms with Gasteiger partial charge in [-0.25, -0.2) is 4.39 Å². The summed E-state index contributed by atoms with van der Waals surface area (Å²) in [7, 11) is 1.61. The van der Waals surface area contributed by atoms with E-state index in [4.69, 9.17) is 9.68 Å². The molecule has 0 spiro atoms. The van der Waals surface area contributed by atoms with Gasteiger partial charge in [-0.05, 0) is 94.0 Å². The Morgan fingerprint density at radius 3 is 2.65 bits per heavy atom. The Morgan fingerprint density at radius 2 is 1.88 bits per heavy atom. The van der Waals surface area contributed by atoms with Crippen molar-refractivity contribution in [3.05, 3.63) is 0 Å². The van der Waals surface area contributed by atoms with Crippen molar-refractivity contribution >= 4 is 17.2 Å². The maximum Gasteiger partial charge on any atom is 0.173 e. The fraction of sp³-hybridized carbons (Fsp3) is 0.889. The molecular weight excluding hydrogens is 433 g/mol. The van der Waals surface area contributed by atoms with E-state index in [1.807, 2.05) is 6.92 Å². The van der Waals surface area contributed by atoms with Gasteiger partial charge in [0.25, 0.3) is 0 Å². The highest BCUT2D eigenvalue weighted by Crippen LogP contribution is 2.65. The molecule has 0 amide bonds. The lowest BCUT2D eigenvalue weighted by molar-refractivity contribution is -0.135. The molecule has 5 unspecified atom stereocenters. The first kappa shape index (κ1) is 24.2. The molecule has 0 aromatic rings. The lowest BCUT2D eigenvalue weighted by atomic mass is 9.45. The van der Waals surface area contributed by atoms with Crippen molar-refractivity contribution in [2.24, 2.45) is 44.8 Å². The second-order valence-corrected chi connectivity index (χ2v) is 12.0. The molecule has 0 aromatic carbocycles. The molecule has 1 heterocycles. The van der Waals surface area contributed by atoms with E-state index >= 15 is 0 Å². The van der Waals surface area contributed by atoms with E-state index in [9.17, 15) is 9.18 Å². The predicted octanol–water partition coefficient (Wildman–Crippen LogP) is 5.02. The molecule has 4 saturated carbocycles. The largest absolute Gasteiger partial charge is 0.399 e. The fourth-order valence-corrected chi connectivity index (χ4v) is 8.42. The van der Waals surface area contributed by atoms with Crippen molar-refractivity contribution in [3.8, 4) is 0 Å². The van der Waals surface area contributed by atoms with Gasteiger partial charge in [0.2, 0.25) is 0 Å². The topological polar surface area (TPSA) is 63.5 Å². The van der Waals surface area contributed by atoms with Crippen molar-refractivity contribution in [2.75, 3.05) is 33.4 Å². The number of nitrogens with zero attached hydrogens (tertiary/aromatic N) is 3. The molecule has 34 heavy (non-hydrogen) atoms. The van der Waals surface area contributed by atoms with Crippen LogP contribution in [0.2, 0.25) is 0 Å². The lowest BCUT2D eigenvalue weighted by Crippen LogP contribution is -2.56. The Bertz CT molecular complexity index is 841. The minimum absolute atomic E-state index is 0.0753. The first-order valence-electron chi connectivity index (χ1n) is 13.5. The zero-order valence-electron chi connectivity index (χ0n) is 21.2. The number of carbonyl (C=O) groups is 1. The van der Waals surface area contributed by atoms with E-state index in [-0.39, 0.29) is 23.0 Å². The van der Waals surface area contributed by atoms with Gasteiger partial charge in [0.05, 0.1) is 11.4 Å². The smallest absolute Gasteiger partial charge is 0.173 e. The van der Waals surface area contributed by atoms with Crippen LogP contribution in [0.1, 0.15) is 78.1 Å². The second kappa shape index (κ2) is 9.51. The van der Waals surface area contributed by atoms with Crippen LogP contribution in [0.4, 0.5) is 4.39 Å². The van der Waals surface area contributed by atoms with E-state index in [0.29, 0.717) is 24.9 Å². The van der Waals surface area contributed by atoms with E-state index < -0.39 is 11.6 Å². The lowest BCUT2D eigenvalue weighted by Gasteiger charge is -2.59. The molecule has 0 bridgehead atoms. The summed E-state index contributed by atoms with van der Waals surface area (Å²) in [6.45, 7) is 8.37. The van der Waals surface area contributed by atoms with Gasteiger partial charge in [0.1, 0.15) is 13.7 Å². The van der Waals surface area contributed by atoms with Gasteiger partial charge in [-0.3, -0.25) is 9.69 Å². The third-order valence-corrected chi connectivity index (χ3v) is 10.4. The summed E-state index contributed by atoms with van der Waals surface area (Å²) in [4.78, 5) is 26.3. The second-order valence-electron chi connectivity index (χ2n) is 12.0. The van der Waals surface area contributed by atoms with Crippen LogP contribution in [-0.4, -0.2) is 61.6 Å². The molecule has 5 fully saturated rings. The van der Waals surface area contributed by atoms with Gasteiger partial charge in [-0.2, -0.15) is 0 Å². The van der Waals surface area contributed by atoms with Gasteiger partial charge >= 0.3 is 0 Å². The fourth-order valence-electron chi connectivity index (χ4n) is 8.42. The van der Waals surface area contributed by atoms with Crippen molar-refractivity contribution in [1.29, 1.82) is 0 Å². The van der Waals surface area contributed by atoms with Crippen LogP contribution >= 0.6 is 0 Å². The Morgan fingerprint density at radius 1 is 1.09 bits per heavy atom. The number of likely N-dealkylation sites (tertiary alicyclic amines) is 1. The number of oxime groups is 2. The molecule has 0 radical (unpaired) electrons. The monoisotopic (exact) mass is 475 g/mol. The Labute approximate surface area is 203 Å². The summed E-state index contributed by atoms with van der Waals surface area (Å²) in [5.74, 6) is 1.02.